The minimum atomic E-state index is -3.46. The number of aliphatic hydroxyl groups is 3. The van der Waals surface area contributed by atoms with Gasteiger partial charge in [0.1, 0.15) is 11.0 Å². The van der Waals surface area contributed by atoms with Crippen LogP contribution in [-0.4, -0.2) is 106 Å². The lowest BCUT2D eigenvalue weighted by Gasteiger charge is -2.22. The van der Waals surface area contributed by atoms with Gasteiger partial charge >= 0.3 is 0 Å². The van der Waals surface area contributed by atoms with E-state index in [-0.39, 0.29) is 55.9 Å². The lowest BCUT2D eigenvalue weighted by atomic mass is 10.0. The third kappa shape index (κ3) is 31.7. The number of halogens is 8. The topological polar surface area (TPSA) is 205 Å². The van der Waals surface area contributed by atoms with E-state index in [1.165, 1.54) is 21.6 Å². The summed E-state index contributed by atoms with van der Waals surface area (Å²) < 4.78 is 84.1. The Morgan fingerprint density at radius 1 is 0.440 bits per heavy atom. The SMILES string of the molecule is C=CCC(O)c1ccc(Cl)cc1.CC1COC(c2ccc(Cl)cc2)C1.Cc1cccc(S(=O)(=O)C2(C)COC(c3ccc(Cl)cc3)C2)c1.Cc1cccc(S(=O)(=O)C2COC(c3ccc(Cl)cc3)C2)c1.Cc1cccc(SC2COC(c3ccc(Cl)cc3)C2)c1.O=Cc1ccc(Cl)cc1.OC(CC1CO1)c1ccc(Cl)cc1.OC1COC(c2ccc(Cl)cc2)C1. The molecule has 0 spiro atoms. The van der Waals surface area contributed by atoms with Gasteiger partial charge in [-0.25, -0.2) is 16.8 Å². The smallest absolute Gasteiger partial charge is 0.186 e. The second-order valence-electron chi connectivity index (χ2n) is 31.6. The van der Waals surface area contributed by atoms with Gasteiger partial charge in [0.15, 0.2) is 19.7 Å². The van der Waals surface area contributed by atoms with Crippen molar-refractivity contribution >= 4 is 131 Å². The molecule has 11 aromatic carbocycles. The first-order valence-corrected chi connectivity index (χ1v) is 47.9. The fourth-order valence-corrected chi connectivity index (χ4v) is 19.8. The van der Waals surface area contributed by atoms with Crippen LogP contribution >= 0.6 is 105 Å². The lowest BCUT2D eigenvalue weighted by Crippen LogP contribution is -2.35. The van der Waals surface area contributed by atoms with Crippen LogP contribution in [0, 0.1) is 26.7 Å². The van der Waals surface area contributed by atoms with Gasteiger partial charge in [0.2, 0.25) is 0 Å². The molecular weight excluding hydrogens is 1800 g/mol. The molecule has 6 heterocycles. The highest BCUT2D eigenvalue weighted by atomic mass is 35.5. The van der Waals surface area contributed by atoms with Crippen LogP contribution in [0.5, 0.6) is 0 Å². The molecule has 11 aromatic rings. The quantitative estimate of drug-likeness (QED) is 0.0415. The normalized spacial score (nSPS) is 22.0. The van der Waals surface area contributed by atoms with Gasteiger partial charge < -0.3 is 43.7 Å². The van der Waals surface area contributed by atoms with E-state index in [1.54, 1.807) is 122 Å². The number of carbonyl (C=O) groups is 1. The monoisotopic (exact) mass is 1900 g/mol. The summed E-state index contributed by atoms with van der Waals surface area (Å²) in [6.45, 7) is 16.8. The molecule has 0 aliphatic carbocycles. The molecule has 6 fully saturated rings. The first kappa shape index (κ1) is 100. The van der Waals surface area contributed by atoms with Crippen LogP contribution in [0.1, 0.15) is 168 Å². The van der Waals surface area contributed by atoms with E-state index in [0.717, 1.165) is 93.0 Å². The molecule has 125 heavy (non-hydrogen) atoms. The number of rotatable bonds is 18. The molecule has 13 atom stereocenters. The van der Waals surface area contributed by atoms with Crippen LogP contribution in [-0.2, 0) is 48.1 Å². The van der Waals surface area contributed by atoms with Crippen LogP contribution < -0.4 is 0 Å². The van der Waals surface area contributed by atoms with Crippen LogP contribution in [0.15, 0.2) is 294 Å². The van der Waals surface area contributed by atoms with Crippen molar-refractivity contribution in [2.24, 2.45) is 5.92 Å². The van der Waals surface area contributed by atoms with Crippen molar-refractivity contribution in [1.82, 2.24) is 0 Å². The third-order valence-electron chi connectivity index (χ3n) is 21.3. The van der Waals surface area contributed by atoms with Gasteiger partial charge in [-0.3, -0.25) is 4.79 Å². The Morgan fingerprint density at radius 3 is 1.25 bits per heavy atom. The summed E-state index contributed by atoms with van der Waals surface area (Å²) in [6, 6.07) is 82.1. The van der Waals surface area contributed by atoms with Gasteiger partial charge in [-0.05, 0) is 249 Å². The lowest BCUT2D eigenvalue weighted by molar-refractivity contribution is 0.0888. The van der Waals surface area contributed by atoms with Gasteiger partial charge in [0, 0.05) is 68.7 Å². The van der Waals surface area contributed by atoms with Crippen molar-refractivity contribution in [2.45, 2.75) is 164 Å². The second kappa shape index (κ2) is 49.2. The van der Waals surface area contributed by atoms with Gasteiger partial charge in [-0.1, -0.05) is 245 Å². The first-order valence-electron chi connectivity index (χ1n) is 41.0. The summed E-state index contributed by atoms with van der Waals surface area (Å²) in [5.74, 6) is 0.681. The Labute approximate surface area is 780 Å². The number of thioether (sulfide) groups is 1. The molecule has 14 nitrogen and oxygen atoms in total. The zero-order valence-electron chi connectivity index (χ0n) is 70.0. The number of aldehydes is 1. The molecule has 0 saturated carbocycles. The van der Waals surface area contributed by atoms with Crippen LogP contribution in [0.25, 0.3) is 0 Å². The maximum atomic E-state index is 13.0. The molecule has 13 unspecified atom stereocenters. The van der Waals surface area contributed by atoms with Crippen LogP contribution in [0.3, 0.4) is 0 Å². The maximum Gasteiger partial charge on any atom is 0.186 e. The van der Waals surface area contributed by atoms with E-state index in [9.17, 15) is 36.9 Å². The Morgan fingerprint density at radius 2 is 0.824 bits per heavy atom. The second-order valence-corrected chi connectivity index (χ2v) is 41.1. The van der Waals surface area contributed by atoms with Crippen molar-refractivity contribution in [3.05, 3.63) is 381 Å². The number of sulfone groups is 2. The zero-order valence-corrected chi connectivity index (χ0v) is 78.5. The molecule has 3 N–H and O–H groups in total. The van der Waals surface area contributed by atoms with Crippen LogP contribution in [0.2, 0.25) is 40.2 Å². The average Bonchev–Trinajstić information content (AvgIpc) is 1.62. The van der Waals surface area contributed by atoms with E-state index in [2.05, 4.69) is 56.8 Å². The number of epoxide rings is 1. The van der Waals surface area contributed by atoms with Gasteiger partial charge in [0.25, 0.3) is 0 Å². The number of aliphatic hydroxyl groups excluding tert-OH is 3. The van der Waals surface area contributed by atoms with E-state index in [4.69, 9.17) is 121 Å². The minimum absolute atomic E-state index is 0.0345. The van der Waals surface area contributed by atoms with E-state index in [0.29, 0.717) is 90.3 Å². The molecule has 6 saturated heterocycles. The highest BCUT2D eigenvalue weighted by Crippen LogP contribution is 2.44. The van der Waals surface area contributed by atoms with E-state index >= 15 is 0 Å². The number of aryl methyl sites for hydroxylation is 3. The van der Waals surface area contributed by atoms with E-state index in [1.807, 2.05) is 147 Å². The molecule has 6 aliphatic heterocycles. The van der Waals surface area contributed by atoms with Crippen molar-refractivity contribution in [1.29, 1.82) is 0 Å². The maximum absolute atomic E-state index is 13.0. The molecule has 0 amide bonds. The predicted octanol–water partition coefficient (Wildman–Crippen LogP) is 26.4. The fourth-order valence-electron chi connectivity index (χ4n) is 14.1. The number of benzene rings is 11. The highest BCUT2D eigenvalue weighted by Gasteiger charge is 2.48. The Hall–Kier alpha value is -6.96. The minimum Gasteiger partial charge on any atom is -0.391 e. The summed E-state index contributed by atoms with van der Waals surface area (Å²) in [5.41, 5.74) is 11.1. The Kier molecular flexibility index (Phi) is 39.4. The number of carbonyl (C=O) groups excluding carboxylic acids is 1. The van der Waals surface area contributed by atoms with Crippen molar-refractivity contribution in [3.8, 4) is 0 Å². The van der Waals surface area contributed by atoms with Crippen molar-refractivity contribution < 1.29 is 65.4 Å². The third-order valence-corrected chi connectivity index (χ3v) is 29.1. The summed E-state index contributed by atoms with van der Waals surface area (Å²) in [4.78, 5) is 12.1. The molecule has 0 bridgehead atoms. The summed E-state index contributed by atoms with van der Waals surface area (Å²) in [7, 11) is -6.82. The van der Waals surface area contributed by atoms with Gasteiger partial charge in [-0.2, -0.15) is 0 Å². The molecular formula is C100H104Cl8O14S3. The van der Waals surface area contributed by atoms with E-state index < -0.39 is 41.9 Å². The van der Waals surface area contributed by atoms with Crippen LogP contribution in [0.4, 0.5) is 0 Å². The van der Waals surface area contributed by atoms with Crippen molar-refractivity contribution in [3.63, 3.8) is 0 Å². The van der Waals surface area contributed by atoms with Gasteiger partial charge in [0.05, 0.1) is 110 Å². The average molecular weight is 1910 g/mol. The van der Waals surface area contributed by atoms with Gasteiger partial charge in [-0.15, -0.1) is 18.3 Å². The predicted molar refractivity (Wildman–Crippen MR) is 508 cm³/mol. The van der Waals surface area contributed by atoms with Crippen molar-refractivity contribution in [2.75, 3.05) is 39.6 Å². The molecule has 17 rings (SSSR count). The molecule has 25 heteroatoms. The fraction of sp³-hybridized carbons (Fsp3) is 0.310. The Balaban J connectivity index is 0.000000152. The molecule has 662 valence electrons. The molecule has 0 radical (unpaired) electrons. The number of ether oxygens (including phenoxy) is 6. The summed E-state index contributed by atoms with van der Waals surface area (Å²) in [6.07, 6.45) is 6.66. The molecule has 6 aliphatic rings. The standard InChI is InChI=1S/C18H19ClO3S.C17H17ClO3S.C17H17ClOS.C11H13ClO.2C10H11ClO2.C10H11ClO.C7H5ClO/c1-13-4-3-5-16(10-13)23(20,21)18(2)11-17(22-12-18)14-6-8-15(19)9-7-14;1-12-3-2-4-15(9-12)22(19,20)16-10-17(21-11-16)13-5-7-14(18)8-6-13;1-12-3-2-4-15(9-12)20-16-10-17(19-11-16)13-5-7-14(18)8-6-13;1-8-6-11(13-7-8)9-2-4-10(12)5-3-9;11-8-3-1-7(2-4-8)10(12)5-9-6-13-9;11-8-3-1-7(2-4-8)10-5-9(12)6-13-10;1-2-3-10(12)8-4-6-9(11)7-5-8;8-7-3-1-6(5-9)2-4-7/h3-10,17H,11-12H2,1-2H3;2-9,16-17H,10-11H2,1H3;2-9,16-17H,10-11H2,1H3;2-5,8,11H,6-7H2,1H3;2*1-4,9-10,12H,5-6H2;2,4-7,10,12H,1,3H2;1-5H. The first-order chi connectivity index (χ1) is 59.8. The largest absolute Gasteiger partial charge is 0.391 e. The Bertz CT molecular complexity index is 5350. The molecule has 0 aromatic heterocycles. The summed E-state index contributed by atoms with van der Waals surface area (Å²) in [5, 5.41) is 34.1. The number of hydrogen-bond acceptors (Lipinski definition) is 15. The number of hydrogen-bond donors (Lipinski definition) is 3. The summed E-state index contributed by atoms with van der Waals surface area (Å²) >= 11 is 48.2. The zero-order chi connectivity index (χ0) is 89.8. The highest BCUT2D eigenvalue weighted by molar-refractivity contribution is 8.00.